The van der Waals surface area contributed by atoms with Crippen LogP contribution in [0.3, 0.4) is 0 Å². The van der Waals surface area contributed by atoms with Crippen LogP contribution in [0.1, 0.15) is 24.4 Å². The zero-order chi connectivity index (χ0) is 14.0. The van der Waals surface area contributed by atoms with Crippen molar-refractivity contribution in [1.82, 2.24) is 14.8 Å². The van der Waals surface area contributed by atoms with Crippen LogP contribution in [0.15, 0.2) is 30.6 Å². The fourth-order valence-electron chi connectivity index (χ4n) is 1.78. The minimum atomic E-state index is -4.41. The number of pyridine rings is 1. The number of nitrogens with one attached hydrogen (secondary N) is 1. The molecule has 0 spiro atoms. The van der Waals surface area contributed by atoms with Gasteiger partial charge in [0.1, 0.15) is 5.69 Å². The molecule has 2 aromatic heterocycles. The minimum Gasteiger partial charge on any atom is -0.376 e. The van der Waals surface area contributed by atoms with E-state index in [4.69, 9.17) is 0 Å². The van der Waals surface area contributed by atoms with E-state index in [9.17, 15) is 13.2 Å². The summed E-state index contributed by atoms with van der Waals surface area (Å²) in [6.07, 6.45) is -1.57. The minimum absolute atomic E-state index is 0.0777. The molecule has 4 nitrogen and oxygen atoms in total. The molecule has 19 heavy (non-hydrogen) atoms. The van der Waals surface area contributed by atoms with Gasteiger partial charge in [-0.3, -0.25) is 4.68 Å². The molecule has 0 aromatic carbocycles. The Bertz CT molecular complexity index is 545. The molecule has 0 saturated carbocycles. The van der Waals surface area contributed by atoms with E-state index in [0.717, 1.165) is 11.8 Å². The molecule has 1 unspecified atom stereocenters. The maximum atomic E-state index is 12.4. The summed E-state index contributed by atoms with van der Waals surface area (Å²) in [6.45, 7) is 1.90. The Balaban J connectivity index is 2.10. The number of anilines is 1. The molecule has 0 radical (unpaired) electrons. The topological polar surface area (TPSA) is 42.7 Å². The number of hydrogen-bond acceptors (Lipinski definition) is 3. The van der Waals surface area contributed by atoms with Gasteiger partial charge in [0, 0.05) is 13.2 Å². The summed E-state index contributed by atoms with van der Waals surface area (Å²) in [5.41, 5.74) is 0.563. The second-order valence-electron chi connectivity index (χ2n) is 4.18. The van der Waals surface area contributed by atoms with Crippen LogP contribution < -0.4 is 5.32 Å². The van der Waals surface area contributed by atoms with Crippen molar-refractivity contribution >= 4 is 5.69 Å². The zero-order valence-electron chi connectivity index (χ0n) is 10.4. The predicted molar refractivity (Wildman–Crippen MR) is 64.5 cm³/mol. The third-order valence-corrected chi connectivity index (χ3v) is 2.74. The highest BCUT2D eigenvalue weighted by Crippen LogP contribution is 2.28. The van der Waals surface area contributed by atoms with Gasteiger partial charge in [0.2, 0.25) is 0 Å². The number of aromatic nitrogens is 3. The molecule has 0 fully saturated rings. The summed E-state index contributed by atoms with van der Waals surface area (Å²) < 4.78 is 38.8. The molecule has 0 amide bonds. The average molecular weight is 270 g/mol. The number of aryl methyl sites for hydroxylation is 1. The molecule has 2 heterocycles. The van der Waals surface area contributed by atoms with Crippen molar-refractivity contribution in [2.24, 2.45) is 7.05 Å². The third kappa shape index (κ3) is 3.04. The first-order chi connectivity index (χ1) is 8.88. The normalized spacial score (nSPS) is 13.3. The van der Waals surface area contributed by atoms with Crippen molar-refractivity contribution in [3.8, 4) is 0 Å². The number of rotatable bonds is 3. The number of nitrogens with zero attached hydrogens (tertiary/aromatic N) is 3. The van der Waals surface area contributed by atoms with Crippen LogP contribution in [-0.2, 0) is 13.2 Å². The lowest BCUT2D eigenvalue weighted by atomic mass is 10.2. The fourth-order valence-corrected chi connectivity index (χ4v) is 1.78. The van der Waals surface area contributed by atoms with Crippen molar-refractivity contribution in [3.05, 3.63) is 42.0 Å². The molecule has 0 bridgehead atoms. The molecule has 1 atom stereocenters. The maximum Gasteiger partial charge on any atom is 0.433 e. The summed E-state index contributed by atoms with van der Waals surface area (Å²) >= 11 is 0. The Kier molecular flexibility index (Phi) is 3.46. The molecule has 2 aromatic rings. The standard InChI is InChI=1S/C12H13F3N4/c1-8(10-5-6-17-19(10)2)18-9-3-4-11(16-7-9)12(13,14)15/h3-8,18H,1-2H3. The van der Waals surface area contributed by atoms with Crippen LogP contribution in [0.5, 0.6) is 0 Å². The van der Waals surface area contributed by atoms with Crippen molar-refractivity contribution in [2.45, 2.75) is 19.1 Å². The van der Waals surface area contributed by atoms with E-state index in [-0.39, 0.29) is 6.04 Å². The van der Waals surface area contributed by atoms with Gasteiger partial charge in [-0.25, -0.2) is 4.98 Å². The maximum absolute atomic E-state index is 12.4. The van der Waals surface area contributed by atoms with Gasteiger partial charge in [-0.2, -0.15) is 18.3 Å². The Morgan fingerprint density at radius 1 is 1.26 bits per heavy atom. The van der Waals surface area contributed by atoms with E-state index in [1.165, 1.54) is 12.3 Å². The number of alkyl halides is 3. The molecule has 2 rings (SSSR count). The van der Waals surface area contributed by atoms with E-state index in [1.807, 2.05) is 13.0 Å². The summed E-state index contributed by atoms with van der Waals surface area (Å²) in [6, 6.07) is 4.09. The molecular weight excluding hydrogens is 257 g/mol. The summed E-state index contributed by atoms with van der Waals surface area (Å²) in [4.78, 5) is 3.40. The lowest BCUT2D eigenvalue weighted by molar-refractivity contribution is -0.141. The van der Waals surface area contributed by atoms with Gasteiger partial charge in [-0.1, -0.05) is 0 Å². The Labute approximate surface area is 108 Å². The second-order valence-corrected chi connectivity index (χ2v) is 4.18. The van der Waals surface area contributed by atoms with Crippen LogP contribution >= 0.6 is 0 Å². The van der Waals surface area contributed by atoms with E-state index in [0.29, 0.717) is 5.69 Å². The Hall–Kier alpha value is -2.05. The van der Waals surface area contributed by atoms with Crippen LogP contribution in [0.4, 0.5) is 18.9 Å². The van der Waals surface area contributed by atoms with E-state index in [2.05, 4.69) is 15.4 Å². The van der Waals surface area contributed by atoms with Crippen molar-refractivity contribution in [1.29, 1.82) is 0 Å². The average Bonchev–Trinajstić information content (AvgIpc) is 2.75. The SMILES string of the molecule is CC(Nc1ccc(C(F)(F)F)nc1)c1ccnn1C. The molecular formula is C12H13F3N4. The second kappa shape index (κ2) is 4.91. The molecule has 1 N–H and O–H groups in total. The quantitative estimate of drug-likeness (QED) is 0.932. The highest BCUT2D eigenvalue weighted by Gasteiger charge is 2.32. The fraction of sp³-hybridized carbons (Fsp3) is 0.333. The van der Waals surface area contributed by atoms with Gasteiger partial charge in [-0.15, -0.1) is 0 Å². The molecule has 0 aliphatic rings. The predicted octanol–water partition coefficient (Wildman–Crippen LogP) is 3.01. The molecule has 7 heteroatoms. The first kappa shape index (κ1) is 13.4. The highest BCUT2D eigenvalue weighted by atomic mass is 19.4. The van der Waals surface area contributed by atoms with E-state index in [1.54, 1.807) is 17.9 Å². The van der Waals surface area contributed by atoms with Crippen molar-refractivity contribution < 1.29 is 13.2 Å². The Morgan fingerprint density at radius 2 is 2.00 bits per heavy atom. The largest absolute Gasteiger partial charge is 0.433 e. The van der Waals surface area contributed by atoms with Gasteiger partial charge < -0.3 is 5.32 Å². The van der Waals surface area contributed by atoms with Gasteiger partial charge in [0.15, 0.2) is 0 Å². The van der Waals surface area contributed by atoms with Crippen LogP contribution in [0.25, 0.3) is 0 Å². The highest BCUT2D eigenvalue weighted by molar-refractivity contribution is 5.43. The smallest absolute Gasteiger partial charge is 0.376 e. The van der Waals surface area contributed by atoms with E-state index < -0.39 is 11.9 Å². The zero-order valence-corrected chi connectivity index (χ0v) is 10.4. The van der Waals surface area contributed by atoms with E-state index >= 15 is 0 Å². The van der Waals surface area contributed by atoms with Crippen LogP contribution in [-0.4, -0.2) is 14.8 Å². The lowest BCUT2D eigenvalue weighted by Crippen LogP contribution is -2.12. The van der Waals surface area contributed by atoms with Gasteiger partial charge in [0.05, 0.1) is 23.6 Å². The number of hydrogen-bond donors (Lipinski definition) is 1. The van der Waals surface area contributed by atoms with Gasteiger partial charge >= 0.3 is 6.18 Å². The number of halogens is 3. The Morgan fingerprint density at radius 3 is 2.47 bits per heavy atom. The molecule has 0 aliphatic carbocycles. The first-order valence-corrected chi connectivity index (χ1v) is 5.65. The molecule has 102 valence electrons. The van der Waals surface area contributed by atoms with Gasteiger partial charge in [0.25, 0.3) is 0 Å². The van der Waals surface area contributed by atoms with Crippen LogP contribution in [0, 0.1) is 0 Å². The van der Waals surface area contributed by atoms with Crippen molar-refractivity contribution in [2.75, 3.05) is 5.32 Å². The molecule has 0 saturated heterocycles. The van der Waals surface area contributed by atoms with Crippen LogP contribution in [0.2, 0.25) is 0 Å². The third-order valence-electron chi connectivity index (χ3n) is 2.74. The van der Waals surface area contributed by atoms with Gasteiger partial charge in [-0.05, 0) is 25.1 Å². The summed E-state index contributed by atoms with van der Waals surface area (Å²) in [5.74, 6) is 0. The molecule has 0 aliphatic heterocycles. The summed E-state index contributed by atoms with van der Waals surface area (Å²) in [5, 5.41) is 7.11. The monoisotopic (exact) mass is 270 g/mol. The summed E-state index contributed by atoms with van der Waals surface area (Å²) in [7, 11) is 1.80. The van der Waals surface area contributed by atoms with Crippen molar-refractivity contribution in [3.63, 3.8) is 0 Å². The first-order valence-electron chi connectivity index (χ1n) is 5.65. The lowest BCUT2D eigenvalue weighted by Gasteiger charge is -2.15.